The highest BCUT2D eigenvalue weighted by Gasteiger charge is 2.27. The minimum Gasteiger partial charge on any atom is -0.472 e. The number of furan rings is 1. The van der Waals surface area contributed by atoms with Gasteiger partial charge in [0.25, 0.3) is 0 Å². The lowest BCUT2D eigenvalue weighted by atomic mass is 9.98. The lowest BCUT2D eigenvalue weighted by Crippen LogP contribution is -2.39. The molecule has 116 valence electrons. The smallest absolute Gasteiger partial charge is 0.310 e. The number of esters is 1. The minimum absolute atomic E-state index is 0.0824. The molecule has 1 unspecified atom stereocenters. The van der Waals surface area contributed by atoms with Crippen LogP contribution in [0.15, 0.2) is 35.4 Å². The molecule has 22 heavy (non-hydrogen) atoms. The van der Waals surface area contributed by atoms with E-state index in [2.05, 4.69) is 14.9 Å². The second kappa shape index (κ2) is 6.60. The van der Waals surface area contributed by atoms with Gasteiger partial charge in [-0.2, -0.15) is 0 Å². The number of ether oxygens (including phenoxy) is 1. The van der Waals surface area contributed by atoms with Crippen molar-refractivity contribution in [2.75, 3.05) is 24.6 Å². The average Bonchev–Trinajstić information content (AvgIpc) is 3.10. The van der Waals surface area contributed by atoms with Crippen LogP contribution in [0.1, 0.15) is 19.8 Å². The zero-order valence-electron chi connectivity index (χ0n) is 12.6. The summed E-state index contributed by atoms with van der Waals surface area (Å²) in [5.74, 6) is 0.637. The Hall–Kier alpha value is -2.37. The molecule has 1 aliphatic rings. The second-order valence-corrected chi connectivity index (χ2v) is 5.31. The topological polar surface area (TPSA) is 68.5 Å². The third-order valence-electron chi connectivity index (χ3n) is 3.83. The maximum absolute atomic E-state index is 11.9. The Balaban J connectivity index is 1.76. The van der Waals surface area contributed by atoms with Gasteiger partial charge in [-0.25, -0.2) is 9.97 Å². The molecule has 3 rings (SSSR count). The highest BCUT2D eigenvalue weighted by Crippen LogP contribution is 2.25. The van der Waals surface area contributed by atoms with Gasteiger partial charge in [0.2, 0.25) is 0 Å². The van der Waals surface area contributed by atoms with Gasteiger partial charge in [0.15, 0.2) is 0 Å². The van der Waals surface area contributed by atoms with Crippen molar-refractivity contribution in [1.82, 2.24) is 9.97 Å². The number of hydrogen-bond acceptors (Lipinski definition) is 6. The van der Waals surface area contributed by atoms with Crippen LogP contribution in [0.2, 0.25) is 0 Å². The Morgan fingerprint density at radius 3 is 3.18 bits per heavy atom. The van der Waals surface area contributed by atoms with E-state index < -0.39 is 0 Å². The fraction of sp³-hybridized carbons (Fsp3) is 0.438. The van der Waals surface area contributed by atoms with Crippen molar-refractivity contribution < 1.29 is 13.9 Å². The van der Waals surface area contributed by atoms with Crippen molar-refractivity contribution >= 4 is 11.8 Å². The van der Waals surface area contributed by atoms with E-state index >= 15 is 0 Å². The molecule has 0 N–H and O–H groups in total. The molecular formula is C16H19N3O3. The van der Waals surface area contributed by atoms with Crippen LogP contribution < -0.4 is 4.90 Å². The molecule has 1 aliphatic heterocycles. The molecule has 1 fully saturated rings. The molecule has 2 aromatic heterocycles. The Kier molecular flexibility index (Phi) is 4.37. The molecule has 1 saturated heterocycles. The van der Waals surface area contributed by atoms with Crippen molar-refractivity contribution in [3.8, 4) is 11.3 Å². The number of carbonyl (C=O) groups is 1. The molecule has 0 aliphatic carbocycles. The first-order valence-corrected chi connectivity index (χ1v) is 7.54. The number of rotatable bonds is 4. The first-order valence-electron chi connectivity index (χ1n) is 7.54. The van der Waals surface area contributed by atoms with Gasteiger partial charge >= 0.3 is 5.97 Å². The number of aromatic nitrogens is 2. The summed E-state index contributed by atoms with van der Waals surface area (Å²) in [7, 11) is 0. The molecule has 0 spiro atoms. The summed E-state index contributed by atoms with van der Waals surface area (Å²) in [5, 5.41) is 0. The Bertz CT molecular complexity index is 627. The number of carbonyl (C=O) groups excluding carboxylic acids is 1. The molecule has 0 saturated carbocycles. The largest absolute Gasteiger partial charge is 0.472 e. The van der Waals surface area contributed by atoms with Crippen LogP contribution >= 0.6 is 0 Å². The molecule has 0 amide bonds. The number of anilines is 1. The van der Waals surface area contributed by atoms with Gasteiger partial charge in [-0.15, -0.1) is 0 Å². The van der Waals surface area contributed by atoms with Crippen LogP contribution in [0.5, 0.6) is 0 Å². The number of nitrogens with zero attached hydrogens (tertiary/aromatic N) is 3. The highest BCUT2D eigenvalue weighted by atomic mass is 16.5. The molecular weight excluding hydrogens is 282 g/mol. The second-order valence-electron chi connectivity index (χ2n) is 5.31. The van der Waals surface area contributed by atoms with Crippen LogP contribution in [-0.4, -0.2) is 35.6 Å². The molecule has 0 aromatic carbocycles. The van der Waals surface area contributed by atoms with Crippen molar-refractivity contribution in [1.29, 1.82) is 0 Å². The normalized spacial score (nSPS) is 18.2. The van der Waals surface area contributed by atoms with Gasteiger partial charge in [-0.1, -0.05) is 0 Å². The van der Waals surface area contributed by atoms with Gasteiger partial charge in [0.05, 0.1) is 30.7 Å². The number of piperidine rings is 1. The Morgan fingerprint density at radius 1 is 1.50 bits per heavy atom. The number of hydrogen-bond donors (Lipinski definition) is 0. The molecule has 3 heterocycles. The Morgan fingerprint density at radius 2 is 2.41 bits per heavy atom. The molecule has 1 atom stereocenters. The van der Waals surface area contributed by atoms with Crippen LogP contribution in [-0.2, 0) is 9.53 Å². The first-order chi connectivity index (χ1) is 10.8. The summed E-state index contributed by atoms with van der Waals surface area (Å²) in [6.07, 6.45) is 6.65. The zero-order valence-corrected chi connectivity index (χ0v) is 12.6. The van der Waals surface area contributed by atoms with E-state index in [1.165, 1.54) is 0 Å². The predicted octanol–water partition coefficient (Wildman–Crippen LogP) is 2.52. The maximum Gasteiger partial charge on any atom is 0.310 e. The lowest BCUT2D eigenvalue weighted by Gasteiger charge is -2.32. The van der Waals surface area contributed by atoms with Gasteiger partial charge in [-0.05, 0) is 25.8 Å². The van der Waals surface area contributed by atoms with Crippen LogP contribution in [0.3, 0.4) is 0 Å². The van der Waals surface area contributed by atoms with Crippen molar-refractivity contribution in [3.63, 3.8) is 0 Å². The van der Waals surface area contributed by atoms with Crippen LogP contribution in [0.4, 0.5) is 5.82 Å². The average molecular weight is 301 g/mol. The third-order valence-corrected chi connectivity index (χ3v) is 3.83. The van der Waals surface area contributed by atoms with E-state index in [1.54, 1.807) is 18.9 Å². The monoisotopic (exact) mass is 301 g/mol. The molecule has 6 nitrogen and oxygen atoms in total. The van der Waals surface area contributed by atoms with Gasteiger partial charge in [0.1, 0.15) is 12.1 Å². The third kappa shape index (κ3) is 3.10. The van der Waals surface area contributed by atoms with E-state index in [-0.39, 0.29) is 11.9 Å². The SMILES string of the molecule is CCOC(=O)C1CCCN(c2cc(-c3ccoc3)ncn2)C1. The lowest BCUT2D eigenvalue weighted by molar-refractivity contribution is -0.148. The maximum atomic E-state index is 11.9. The van der Waals surface area contributed by atoms with E-state index in [9.17, 15) is 4.79 Å². The summed E-state index contributed by atoms with van der Waals surface area (Å²) < 4.78 is 10.2. The molecule has 0 bridgehead atoms. The first kappa shape index (κ1) is 14.6. The van der Waals surface area contributed by atoms with Crippen LogP contribution in [0.25, 0.3) is 11.3 Å². The van der Waals surface area contributed by atoms with Crippen molar-refractivity contribution in [2.24, 2.45) is 5.92 Å². The van der Waals surface area contributed by atoms with Gasteiger partial charge in [0, 0.05) is 24.7 Å². The highest BCUT2D eigenvalue weighted by molar-refractivity contribution is 5.73. The zero-order chi connectivity index (χ0) is 15.4. The molecule has 6 heteroatoms. The Labute approximate surface area is 129 Å². The fourth-order valence-corrected chi connectivity index (χ4v) is 2.73. The standard InChI is InChI=1S/C16H19N3O3/c1-2-22-16(20)12-4-3-6-19(9-12)15-8-14(17-11-18-15)13-5-7-21-10-13/h5,7-8,10-12H,2-4,6,9H2,1H3. The molecule has 2 aromatic rings. The van der Waals surface area contributed by atoms with E-state index in [0.29, 0.717) is 13.2 Å². The summed E-state index contributed by atoms with van der Waals surface area (Å²) in [6.45, 7) is 3.78. The summed E-state index contributed by atoms with van der Waals surface area (Å²) >= 11 is 0. The predicted molar refractivity (Wildman–Crippen MR) is 81.3 cm³/mol. The van der Waals surface area contributed by atoms with Crippen molar-refractivity contribution in [2.45, 2.75) is 19.8 Å². The van der Waals surface area contributed by atoms with E-state index in [1.807, 2.05) is 19.1 Å². The van der Waals surface area contributed by atoms with Crippen LogP contribution in [0, 0.1) is 5.92 Å². The molecule has 0 radical (unpaired) electrons. The van der Waals surface area contributed by atoms with E-state index in [4.69, 9.17) is 9.15 Å². The summed E-state index contributed by atoms with van der Waals surface area (Å²) in [4.78, 5) is 22.7. The quantitative estimate of drug-likeness (QED) is 0.808. The van der Waals surface area contributed by atoms with Crippen molar-refractivity contribution in [3.05, 3.63) is 31.0 Å². The summed E-state index contributed by atoms with van der Waals surface area (Å²) in [5.41, 5.74) is 1.74. The fourth-order valence-electron chi connectivity index (χ4n) is 2.73. The van der Waals surface area contributed by atoms with E-state index in [0.717, 1.165) is 36.5 Å². The minimum atomic E-state index is -0.115. The van der Waals surface area contributed by atoms with Gasteiger partial charge in [-0.3, -0.25) is 4.79 Å². The van der Waals surface area contributed by atoms with Gasteiger partial charge < -0.3 is 14.1 Å². The summed E-state index contributed by atoms with van der Waals surface area (Å²) in [6, 6.07) is 3.79.